The largest absolute Gasteiger partial charge is 0.463 e. The van der Waals surface area contributed by atoms with Crippen LogP contribution in [0.3, 0.4) is 0 Å². The predicted molar refractivity (Wildman–Crippen MR) is 98.3 cm³/mol. The molecular formula is C19H16N2O2S. The highest BCUT2D eigenvalue weighted by molar-refractivity contribution is 7.97. The van der Waals surface area contributed by atoms with Gasteiger partial charge in [-0.05, 0) is 6.92 Å². The lowest BCUT2D eigenvalue weighted by Gasteiger charge is -2.17. The van der Waals surface area contributed by atoms with E-state index in [0.29, 0.717) is 12.2 Å². The number of hydrogen-bond donors (Lipinski definition) is 0. The van der Waals surface area contributed by atoms with Crippen LogP contribution in [-0.2, 0) is 9.53 Å². The molecule has 0 fully saturated rings. The number of nitrogens with zero attached hydrogens (tertiary/aromatic N) is 2. The standard InChI is InChI=1S/C19H16N2O2S/c1-2-23-17(22)13-16-18(14-9-5-3-6-10-14)20-24-21-19(16)15-11-7-4-8-12-15/h3-13H,2H2,1H3. The van der Waals surface area contributed by atoms with E-state index in [1.807, 2.05) is 60.7 Å². The number of esters is 1. The molecule has 1 heterocycles. The van der Waals surface area contributed by atoms with Crippen LogP contribution in [0.15, 0.2) is 81.1 Å². The molecule has 2 aromatic carbocycles. The van der Waals surface area contributed by atoms with Crippen molar-refractivity contribution in [2.24, 2.45) is 8.80 Å². The van der Waals surface area contributed by atoms with E-state index in [4.69, 9.17) is 4.74 Å². The van der Waals surface area contributed by atoms with Gasteiger partial charge >= 0.3 is 5.97 Å². The van der Waals surface area contributed by atoms with Crippen molar-refractivity contribution in [2.45, 2.75) is 6.92 Å². The first-order valence-corrected chi connectivity index (χ1v) is 8.35. The number of rotatable bonds is 4. The molecule has 0 radical (unpaired) electrons. The summed E-state index contributed by atoms with van der Waals surface area (Å²) in [5.41, 5.74) is 3.99. The number of carbonyl (C=O) groups excluding carboxylic acids is 1. The zero-order valence-corrected chi connectivity index (χ0v) is 14.0. The number of carbonyl (C=O) groups is 1. The van der Waals surface area contributed by atoms with E-state index in [1.165, 1.54) is 6.08 Å². The summed E-state index contributed by atoms with van der Waals surface area (Å²) in [6.07, 6.45) is 1.47. The molecule has 120 valence electrons. The van der Waals surface area contributed by atoms with Crippen molar-refractivity contribution in [3.8, 4) is 0 Å². The lowest BCUT2D eigenvalue weighted by atomic mass is 9.94. The number of hydrogen-bond acceptors (Lipinski definition) is 5. The molecule has 0 aliphatic carbocycles. The molecule has 0 saturated carbocycles. The molecule has 2 aromatic rings. The van der Waals surface area contributed by atoms with Crippen molar-refractivity contribution in [2.75, 3.05) is 6.61 Å². The van der Waals surface area contributed by atoms with Crippen LogP contribution in [-0.4, -0.2) is 24.0 Å². The number of ether oxygens (including phenoxy) is 1. The fourth-order valence-corrected chi connectivity index (χ4v) is 2.97. The maximum absolute atomic E-state index is 12.0. The zero-order chi connectivity index (χ0) is 16.8. The van der Waals surface area contributed by atoms with Crippen LogP contribution >= 0.6 is 12.1 Å². The summed E-state index contributed by atoms with van der Waals surface area (Å²) in [7, 11) is 0. The molecule has 0 unspecified atom stereocenters. The minimum absolute atomic E-state index is 0.326. The Morgan fingerprint density at radius 1 is 0.958 bits per heavy atom. The normalized spacial score (nSPS) is 13.8. The van der Waals surface area contributed by atoms with E-state index < -0.39 is 5.97 Å². The van der Waals surface area contributed by atoms with E-state index in [9.17, 15) is 4.79 Å². The maximum Gasteiger partial charge on any atom is 0.331 e. The van der Waals surface area contributed by atoms with Gasteiger partial charge in [0.25, 0.3) is 0 Å². The molecule has 1 aliphatic heterocycles. The van der Waals surface area contributed by atoms with E-state index >= 15 is 0 Å². The Morgan fingerprint density at radius 2 is 1.46 bits per heavy atom. The average Bonchev–Trinajstić information content (AvgIpc) is 2.63. The van der Waals surface area contributed by atoms with Crippen molar-refractivity contribution < 1.29 is 9.53 Å². The fraction of sp³-hybridized carbons (Fsp3) is 0.105. The molecule has 0 N–H and O–H groups in total. The van der Waals surface area contributed by atoms with Gasteiger partial charge in [-0.1, -0.05) is 60.7 Å². The second-order valence-corrected chi connectivity index (χ2v) is 5.53. The minimum Gasteiger partial charge on any atom is -0.463 e. The highest BCUT2D eigenvalue weighted by Crippen LogP contribution is 2.26. The van der Waals surface area contributed by atoms with Crippen molar-refractivity contribution in [3.63, 3.8) is 0 Å². The first-order valence-electron chi connectivity index (χ1n) is 7.62. The Bertz CT molecular complexity index is 754. The van der Waals surface area contributed by atoms with Gasteiger partial charge in [-0.25, -0.2) is 4.79 Å². The second kappa shape index (κ2) is 7.75. The van der Waals surface area contributed by atoms with Gasteiger partial charge in [-0.3, -0.25) is 0 Å². The monoisotopic (exact) mass is 336 g/mol. The summed E-state index contributed by atoms with van der Waals surface area (Å²) in [6.45, 7) is 2.11. The van der Waals surface area contributed by atoms with Gasteiger partial charge in [-0.2, -0.15) is 8.80 Å². The summed E-state index contributed by atoms with van der Waals surface area (Å²) in [4.78, 5) is 12.0. The SMILES string of the molecule is CCOC(=O)C=C1C(c2ccccc2)=NSN=C1c1ccccc1. The number of allylic oxidation sites excluding steroid dienone is 1. The van der Waals surface area contributed by atoms with Gasteiger partial charge < -0.3 is 4.74 Å². The van der Waals surface area contributed by atoms with E-state index in [-0.39, 0.29) is 0 Å². The van der Waals surface area contributed by atoms with Crippen LogP contribution < -0.4 is 0 Å². The highest BCUT2D eigenvalue weighted by atomic mass is 32.2. The maximum atomic E-state index is 12.0. The Morgan fingerprint density at radius 3 is 1.92 bits per heavy atom. The van der Waals surface area contributed by atoms with Crippen molar-refractivity contribution in [1.29, 1.82) is 0 Å². The van der Waals surface area contributed by atoms with Gasteiger partial charge in [0, 0.05) is 22.8 Å². The lowest BCUT2D eigenvalue weighted by Crippen LogP contribution is -2.19. The molecule has 0 atom stereocenters. The first-order chi connectivity index (χ1) is 11.8. The molecule has 0 amide bonds. The molecule has 0 spiro atoms. The predicted octanol–water partition coefficient (Wildman–Crippen LogP) is 4.03. The molecule has 4 nitrogen and oxygen atoms in total. The third kappa shape index (κ3) is 3.63. The molecule has 1 aliphatic rings. The first kappa shape index (κ1) is 16.2. The van der Waals surface area contributed by atoms with Crippen LogP contribution in [0, 0.1) is 0 Å². The molecule has 0 bridgehead atoms. The molecule has 3 rings (SSSR count). The van der Waals surface area contributed by atoms with Gasteiger partial charge in [0.15, 0.2) is 0 Å². The molecular weight excluding hydrogens is 320 g/mol. The van der Waals surface area contributed by atoms with Crippen LogP contribution in [0.4, 0.5) is 0 Å². The Kier molecular flexibility index (Phi) is 5.23. The lowest BCUT2D eigenvalue weighted by molar-refractivity contribution is -0.137. The molecule has 0 saturated heterocycles. The third-order valence-corrected chi connectivity index (χ3v) is 3.95. The third-order valence-electron chi connectivity index (χ3n) is 3.42. The van der Waals surface area contributed by atoms with Gasteiger partial charge in [0.1, 0.15) is 12.1 Å². The molecule has 24 heavy (non-hydrogen) atoms. The number of benzene rings is 2. The second-order valence-electron chi connectivity index (χ2n) is 5.00. The summed E-state index contributed by atoms with van der Waals surface area (Å²) in [6, 6.07) is 19.5. The van der Waals surface area contributed by atoms with E-state index in [2.05, 4.69) is 8.80 Å². The van der Waals surface area contributed by atoms with Crippen molar-refractivity contribution >= 4 is 29.5 Å². The Hall–Kier alpha value is -2.66. The fourth-order valence-electron chi connectivity index (χ4n) is 2.36. The molecule has 0 aromatic heterocycles. The summed E-state index contributed by atoms with van der Waals surface area (Å²) in [5, 5.41) is 0. The van der Waals surface area contributed by atoms with Gasteiger partial charge in [0.2, 0.25) is 0 Å². The molecule has 5 heteroatoms. The van der Waals surface area contributed by atoms with Gasteiger partial charge in [0.05, 0.1) is 18.0 Å². The topological polar surface area (TPSA) is 51.0 Å². The van der Waals surface area contributed by atoms with Crippen LogP contribution in [0.25, 0.3) is 0 Å². The van der Waals surface area contributed by atoms with Crippen molar-refractivity contribution in [1.82, 2.24) is 0 Å². The van der Waals surface area contributed by atoms with Crippen LogP contribution in [0.5, 0.6) is 0 Å². The van der Waals surface area contributed by atoms with E-state index in [0.717, 1.165) is 34.7 Å². The average molecular weight is 336 g/mol. The van der Waals surface area contributed by atoms with E-state index in [1.54, 1.807) is 6.92 Å². The van der Waals surface area contributed by atoms with Crippen LogP contribution in [0.1, 0.15) is 18.1 Å². The van der Waals surface area contributed by atoms with Crippen LogP contribution in [0.2, 0.25) is 0 Å². The van der Waals surface area contributed by atoms with Crippen molar-refractivity contribution in [3.05, 3.63) is 83.4 Å². The minimum atomic E-state index is -0.397. The zero-order valence-electron chi connectivity index (χ0n) is 13.2. The quantitative estimate of drug-likeness (QED) is 0.481. The summed E-state index contributed by atoms with van der Waals surface area (Å²) < 4.78 is 14.0. The Balaban J connectivity index is 2.07. The van der Waals surface area contributed by atoms with Gasteiger partial charge in [-0.15, -0.1) is 0 Å². The smallest absolute Gasteiger partial charge is 0.331 e. The summed E-state index contributed by atoms with van der Waals surface area (Å²) in [5.74, 6) is -0.397. The highest BCUT2D eigenvalue weighted by Gasteiger charge is 2.22. The summed E-state index contributed by atoms with van der Waals surface area (Å²) >= 11 is 1.13. The Labute approximate surface area is 145 Å².